The van der Waals surface area contributed by atoms with Crippen LogP contribution in [0.1, 0.15) is 12.5 Å². The quantitative estimate of drug-likeness (QED) is 0.317. The summed E-state index contributed by atoms with van der Waals surface area (Å²) in [5.74, 6) is 1.97. The summed E-state index contributed by atoms with van der Waals surface area (Å²) in [6.07, 6.45) is -0.117. The highest BCUT2D eigenvalue weighted by Gasteiger charge is 2.21. The lowest BCUT2D eigenvalue weighted by Crippen LogP contribution is -2.46. The molecule has 9 heteroatoms. The van der Waals surface area contributed by atoms with Gasteiger partial charge in [-0.25, -0.2) is 4.39 Å². The highest BCUT2D eigenvalue weighted by Crippen LogP contribution is 2.30. The van der Waals surface area contributed by atoms with Gasteiger partial charge in [0.25, 0.3) is 0 Å². The topological polar surface area (TPSA) is 61.4 Å². The van der Waals surface area contributed by atoms with Crippen LogP contribution in [0.5, 0.6) is 11.5 Å². The maximum atomic E-state index is 14.8. The molecule has 1 fully saturated rings. The molecule has 0 saturated carbocycles. The third-order valence-corrected chi connectivity index (χ3v) is 5.92. The lowest BCUT2D eigenvalue weighted by atomic mass is 10.1. The Morgan fingerprint density at radius 3 is 2.55 bits per heavy atom. The molecule has 2 aliphatic heterocycles. The molecule has 33 heavy (non-hydrogen) atoms. The van der Waals surface area contributed by atoms with E-state index in [0.717, 1.165) is 49.8 Å². The van der Waals surface area contributed by atoms with E-state index in [1.165, 1.54) is 0 Å². The average molecular weight is 569 g/mol. The second-order valence-corrected chi connectivity index (χ2v) is 8.01. The zero-order valence-corrected chi connectivity index (χ0v) is 21.6. The summed E-state index contributed by atoms with van der Waals surface area (Å²) < 4.78 is 26.5. The molecule has 1 unspecified atom stereocenters. The van der Waals surface area contributed by atoms with E-state index in [4.69, 9.17) is 9.47 Å². The summed E-state index contributed by atoms with van der Waals surface area (Å²) in [7, 11) is 1.71. The van der Waals surface area contributed by atoms with Crippen LogP contribution >= 0.6 is 24.0 Å². The van der Waals surface area contributed by atoms with E-state index in [9.17, 15) is 4.39 Å². The van der Waals surface area contributed by atoms with Crippen molar-refractivity contribution in [3.8, 4) is 11.5 Å². The van der Waals surface area contributed by atoms with E-state index in [-0.39, 0.29) is 35.9 Å². The van der Waals surface area contributed by atoms with Gasteiger partial charge >= 0.3 is 0 Å². The van der Waals surface area contributed by atoms with Crippen molar-refractivity contribution < 1.29 is 13.9 Å². The number of para-hydroxylation sites is 2. The SMILES string of the molecule is CCN1CCN(c2ccc(CNC(=NC)NCC3COc4ccccc4O3)cc2F)CC1.I. The molecule has 4 rings (SSSR count). The second kappa shape index (κ2) is 12.3. The molecule has 0 spiro atoms. The number of anilines is 1. The number of hydrogen-bond donors (Lipinski definition) is 2. The summed E-state index contributed by atoms with van der Waals surface area (Å²) in [6, 6.07) is 13.1. The van der Waals surface area contributed by atoms with E-state index in [1.54, 1.807) is 13.1 Å². The number of hydrogen-bond acceptors (Lipinski definition) is 5. The first-order valence-corrected chi connectivity index (χ1v) is 11.2. The Labute approximate surface area is 212 Å². The minimum absolute atomic E-state index is 0. The Morgan fingerprint density at radius 2 is 1.85 bits per heavy atom. The fraction of sp³-hybridized carbons (Fsp3) is 0.458. The predicted molar refractivity (Wildman–Crippen MR) is 141 cm³/mol. The second-order valence-electron chi connectivity index (χ2n) is 8.01. The number of nitrogens with one attached hydrogen (secondary N) is 2. The number of benzene rings is 2. The van der Waals surface area contributed by atoms with Crippen LogP contribution in [0, 0.1) is 5.82 Å². The molecular weight excluding hydrogens is 536 g/mol. The summed E-state index contributed by atoms with van der Waals surface area (Å²) in [5, 5.41) is 6.49. The summed E-state index contributed by atoms with van der Waals surface area (Å²) in [6.45, 7) is 8.37. The van der Waals surface area contributed by atoms with Gasteiger partial charge in [-0.3, -0.25) is 4.99 Å². The van der Waals surface area contributed by atoms with Crippen molar-refractivity contribution in [2.75, 3.05) is 57.8 Å². The molecule has 180 valence electrons. The first-order valence-electron chi connectivity index (χ1n) is 11.2. The highest BCUT2D eigenvalue weighted by atomic mass is 127. The van der Waals surface area contributed by atoms with Crippen LogP contribution in [0.3, 0.4) is 0 Å². The van der Waals surface area contributed by atoms with Gasteiger partial charge in [-0.05, 0) is 36.4 Å². The molecule has 2 aromatic carbocycles. The molecule has 2 N–H and O–H groups in total. The third-order valence-electron chi connectivity index (χ3n) is 5.92. The Hall–Kier alpha value is -2.27. The maximum absolute atomic E-state index is 14.8. The van der Waals surface area contributed by atoms with Gasteiger partial charge in [0.2, 0.25) is 0 Å². The molecule has 1 atom stereocenters. The monoisotopic (exact) mass is 569 g/mol. The van der Waals surface area contributed by atoms with Crippen molar-refractivity contribution in [3.63, 3.8) is 0 Å². The van der Waals surface area contributed by atoms with Crippen LogP contribution in [0.4, 0.5) is 10.1 Å². The smallest absolute Gasteiger partial charge is 0.191 e. The number of guanidine groups is 1. The molecule has 0 aliphatic carbocycles. The lowest BCUT2D eigenvalue weighted by molar-refractivity contribution is 0.0936. The number of nitrogens with zero attached hydrogens (tertiary/aromatic N) is 3. The molecule has 7 nitrogen and oxygen atoms in total. The molecule has 0 aromatic heterocycles. The van der Waals surface area contributed by atoms with Gasteiger partial charge in [0.1, 0.15) is 18.5 Å². The van der Waals surface area contributed by atoms with E-state index in [2.05, 4.69) is 32.3 Å². The number of likely N-dealkylation sites (N-methyl/N-ethyl adjacent to an activating group) is 1. The summed E-state index contributed by atoms with van der Waals surface area (Å²) in [4.78, 5) is 8.76. The minimum Gasteiger partial charge on any atom is -0.486 e. The minimum atomic E-state index is -0.177. The molecule has 0 amide bonds. The number of fused-ring (bicyclic) bond motifs is 1. The van der Waals surface area contributed by atoms with Crippen LogP contribution in [0.15, 0.2) is 47.5 Å². The average Bonchev–Trinajstić information content (AvgIpc) is 2.84. The van der Waals surface area contributed by atoms with E-state index >= 15 is 0 Å². The van der Waals surface area contributed by atoms with Gasteiger partial charge in [-0.2, -0.15) is 0 Å². The first kappa shape index (κ1) is 25.4. The number of aliphatic imine (C=N–C) groups is 1. The van der Waals surface area contributed by atoms with Crippen LogP contribution in [0.2, 0.25) is 0 Å². The Bertz CT molecular complexity index is 937. The summed E-state index contributed by atoms with van der Waals surface area (Å²) >= 11 is 0. The number of rotatable bonds is 6. The lowest BCUT2D eigenvalue weighted by Gasteiger charge is -2.35. The van der Waals surface area contributed by atoms with Crippen molar-refractivity contribution in [3.05, 3.63) is 53.8 Å². The van der Waals surface area contributed by atoms with Gasteiger partial charge in [-0.1, -0.05) is 25.1 Å². The van der Waals surface area contributed by atoms with Crippen molar-refractivity contribution in [2.45, 2.75) is 19.6 Å². The van der Waals surface area contributed by atoms with Crippen LogP contribution < -0.4 is 25.0 Å². The number of halogens is 2. The highest BCUT2D eigenvalue weighted by molar-refractivity contribution is 14.0. The van der Waals surface area contributed by atoms with Crippen LogP contribution in [0.25, 0.3) is 0 Å². The van der Waals surface area contributed by atoms with Crippen molar-refractivity contribution >= 4 is 35.6 Å². The van der Waals surface area contributed by atoms with E-state index in [1.807, 2.05) is 36.4 Å². The predicted octanol–water partition coefficient (Wildman–Crippen LogP) is 3.09. The standard InChI is InChI=1S/C24H32FN5O2.HI/c1-3-29-10-12-30(13-11-29)21-9-8-18(14-20(21)25)15-27-24(26-2)28-16-19-17-31-22-6-4-5-7-23(22)32-19;/h4-9,14,19H,3,10-13,15-17H2,1-2H3,(H2,26,27,28);1H. The van der Waals surface area contributed by atoms with Crippen LogP contribution in [-0.2, 0) is 6.54 Å². The third kappa shape index (κ3) is 6.63. The molecule has 2 aliphatic rings. The molecule has 1 saturated heterocycles. The first-order chi connectivity index (χ1) is 15.7. The van der Waals surface area contributed by atoms with E-state index in [0.29, 0.717) is 31.3 Å². The Kier molecular flexibility index (Phi) is 9.42. The normalized spacial score (nSPS) is 18.5. The van der Waals surface area contributed by atoms with Gasteiger partial charge in [-0.15, -0.1) is 24.0 Å². The molecule has 0 radical (unpaired) electrons. The van der Waals surface area contributed by atoms with Crippen LogP contribution in [-0.4, -0.2) is 69.9 Å². The molecular formula is C24H33FIN5O2. The Morgan fingerprint density at radius 1 is 1.09 bits per heavy atom. The largest absolute Gasteiger partial charge is 0.486 e. The molecule has 2 aromatic rings. The van der Waals surface area contributed by atoms with Crippen molar-refractivity contribution in [2.24, 2.45) is 4.99 Å². The fourth-order valence-corrected chi connectivity index (χ4v) is 4.00. The van der Waals surface area contributed by atoms with Crippen molar-refractivity contribution in [1.82, 2.24) is 15.5 Å². The van der Waals surface area contributed by atoms with Gasteiger partial charge in [0, 0.05) is 39.8 Å². The zero-order valence-electron chi connectivity index (χ0n) is 19.2. The van der Waals surface area contributed by atoms with E-state index < -0.39 is 0 Å². The van der Waals surface area contributed by atoms with Gasteiger partial charge < -0.3 is 29.9 Å². The number of piperazine rings is 1. The Balaban J connectivity index is 0.00000306. The maximum Gasteiger partial charge on any atom is 0.191 e. The van der Waals surface area contributed by atoms with Crippen molar-refractivity contribution in [1.29, 1.82) is 0 Å². The molecule has 2 heterocycles. The fourth-order valence-electron chi connectivity index (χ4n) is 4.00. The van der Waals surface area contributed by atoms with Gasteiger partial charge in [0.05, 0.1) is 12.2 Å². The zero-order chi connectivity index (χ0) is 22.3. The molecule has 0 bridgehead atoms. The summed E-state index contributed by atoms with van der Waals surface area (Å²) in [5.41, 5.74) is 1.55. The van der Waals surface area contributed by atoms with Gasteiger partial charge in [0.15, 0.2) is 17.5 Å². The number of ether oxygens (including phenoxy) is 2.